The SMILES string of the molecule is NC(=O)C1(N)CCN(c2ccccc2NC(=O)c2csc(-n3ncc4ccccc43)n2)CC1. The van der Waals surface area contributed by atoms with Crippen molar-refractivity contribution in [2.24, 2.45) is 11.5 Å². The molecule has 10 heteroatoms. The van der Waals surface area contributed by atoms with Crippen LogP contribution in [0.5, 0.6) is 0 Å². The number of thiazole rings is 1. The molecule has 33 heavy (non-hydrogen) atoms. The van der Waals surface area contributed by atoms with Crippen LogP contribution in [0.25, 0.3) is 16.0 Å². The van der Waals surface area contributed by atoms with E-state index in [1.165, 1.54) is 11.3 Å². The van der Waals surface area contributed by atoms with E-state index in [4.69, 9.17) is 11.5 Å². The fourth-order valence-corrected chi connectivity index (χ4v) is 4.80. The van der Waals surface area contributed by atoms with Crippen molar-refractivity contribution in [2.75, 3.05) is 23.3 Å². The van der Waals surface area contributed by atoms with Crippen molar-refractivity contribution in [2.45, 2.75) is 18.4 Å². The molecule has 4 aromatic rings. The smallest absolute Gasteiger partial charge is 0.275 e. The van der Waals surface area contributed by atoms with Crippen molar-refractivity contribution in [3.8, 4) is 5.13 Å². The maximum atomic E-state index is 13.0. The predicted molar refractivity (Wildman–Crippen MR) is 129 cm³/mol. The maximum Gasteiger partial charge on any atom is 0.275 e. The Bertz CT molecular complexity index is 1340. The quantitative estimate of drug-likeness (QED) is 0.418. The van der Waals surface area contributed by atoms with Gasteiger partial charge in [-0.05, 0) is 31.0 Å². The number of amides is 2. The van der Waals surface area contributed by atoms with Crippen molar-refractivity contribution in [3.05, 3.63) is 65.8 Å². The molecule has 2 aromatic carbocycles. The van der Waals surface area contributed by atoms with Gasteiger partial charge in [-0.15, -0.1) is 11.3 Å². The second kappa shape index (κ2) is 8.30. The first-order valence-electron chi connectivity index (χ1n) is 10.6. The van der Waals surface area contributed by atoms with E-state index in [0.29, 0.717) is 42.4 Å². The van der Waals surface area contributed by atoms with Crippen LogP contribution in [0.1, 0.15) is 23.3 Å². The highest BCUT2D eigenvalue weighted by molar-refractivity contribution is 7.12. The van der Waals surface area contributed by atoms with E-state index in [-0.39, 0.29) is 5.91 Å². The third-order valence-corrected chi connectivity index (χ3v) is 6.84. The highest BCUT2D eigenvalue weighted by Crippen LogP contribution is 2.31. The number of piperidine rings is 1. The number of nitrogens with zero attached hydrogens (tertiary/aromatic N) is 4. The van der Waals surface area contributed by atoms with Gasteiger partial charge in [0.1, 0.15) is 5.69 Å². The van der Waals surface area contributed by atoms with Gasteiger partial charge in [0, 0.05) is 23.9 Å². The van der Waals surface area contributed by atoms with Gasteiger partial charge in [0.15, 0.2) is 0 Å². The molecule has 1 saturated heterocycles. The summed E-state index contributed by atoms with van der Waals surface area (Å²) in [6.07, 6.45) is 2.69. The molecule has 5 rings (SSSR count). The second-order valence-corrected chi connectivity index (χ2v) is 8.95. The first-order chi connectivity index (χ1) is 15.9. The zero-order valence-corrected chi connectivity index (χ0v) is 18.6. The molecule has 0 spiro atoms. The Hall–Kier alpha value is -3.76. The molecule has 3 heterocycles. The van der Waals surface area contributed by atoms with Gasteiger partial charge in [-0.25, -0.2) is 9.67 Å². The van der Waals surface area contributed by atoms with E-state index >= 15 is 0 Å². The summed E-state index contributed by atoms with van der Waals surface area (Å²) in [5.41, 5.74) is 13.4. The summed E-state index contributed by atoms with van der Waals surface area (Å²) in [4.78, 5) is 31.3. The number of carbonyl (C=O) groups is 2. The number of hydrogen-bond acceptors (Lipinski definition) is 7. The van der Waals surface area contributed by atoms with Crippen LogP contribution in [-0.2, 0) is 4.79 Å². The lowest BCUT2D eigenvalue weighted by Gasteiger charge is -2.38. The fourth-order valence-electron chi connectivity index (χ4n) is 4.02. The Kier molecular flexibility index (Phi) is 5.31. The predicted octanol–water partition coefficient (Wildman–Crippen LogP) is 2.52. The fraction of sp³-hybridized carbons (Fsp3) is 0.217. The number of aromatic nitrogens is 3. The normalized spacial score (nSPS) is 15.5. The average Bonchev–Trinajstić information content (AvgIpc) is 3.47. The van der Waals surface area contributed by atoms with E-state index in [1.807, 2.05) is 48.5 Å². The molecule has 2 aromatic heterocycles. The molecule has 5 N–H and O–H groups in total. The van der Waals surface area contributed by atoms with Crippen LogP contribution in [0.15, 0.2) is 60.1 Å². The highest BCUT2D eigenvalue weighted by Gasteiger charge is 2.36. The first-order valence-corrected chi connectivity index (χ1v) is 11.5. The van der Waals surface area contributed by atoms with Crippen molar-refractivity contribution in [3.63, 3.8) is 0 Å². The van der Waals surface area contributed by atoms with Crippen LogP contribution in [-0.4, -0.2) is 45.2 Å². The van der Waals surface area contributed by atoms with Crippen LogP contribution in [0, 0.1) is 0 Å². The average molecular weight is 462 g/mol. The van der Waals surface area contributed by atoms with E-state index in [2.05, 4.69) is 20.3 Å². The lowest BCUT2D eigenvalue weighted by molar-refractivity contribution is -0.123. The number of fused-ring (bicyclic) bond motifs is 1. The second-order valence-electron chi connectivity index (χ2n) is 8.11. The lowest BCUT2D eigenvalue weighted by Crippen LogP contribution is -2.58. The van der Waals surface area contributed by atoms with Gasteiger partial charge in [-0.3, -0.25) is 9.59 Å². The Morgan fingerprint density at radius 2 is 1.79 bits per heavy atom. The van der Waals surface area contributed by atoms with E-state index in [9.17, 15) is 9.59 Å². The molecular weight excluding hydrogens is 438 g/mol. The minimum atomic E-state index is -0.984. The number of anilines is 2. The number of primary amides is 1. The Labute approximate surface area is 194 Å². The number of nitrogens with one attached hydrogen (secondary N) is 1. The molecule has 1 aliphatic heterocycles. The van der Waals surface area contributed by atoms with Gasteiger partial charge in [0.25, 0.3) is 5.91 Å². The van der Waals surface area contributed by atoms with Gasteiger partial charge >= 0.3 is 0 Å². The Morgan fingerprint density at radius 3 is 2.58 bits per heavy atom. The van der Waals surface area contributed by atoms with E-state index in [0.717, 1.165) is 16.6 Å². The van der Waals surface area contributed by atoms with Crippen molar-refractivity contribution >= 4 is 45.4 Å². The van der Waals surface area contributed by atoms with Crippen LogP contribution < -0.4 is 21.7 Å². The number of carbonyl (C=O) groups excluding carboxylic acids is 2. The summed E-state index contributed by atoms with van der Waals surface area (Å²) >= 11 is 1.36. The van der Waals surface area contributed by atoms with Crippen LogP contribution in [0.3, 0.4) is 0 Å². The molecule has 2 amide bonds. The van der Waals surface area contributed by atoms with E-state index < -0.39 is 11.4 Å². The highest BCUT2D eigenvalue weighted by atomic mass is 32.1. The van der Waals surface area contributed by atoms with Crippen LogP contribution in [0.4, 0.5) is 11.4 Å². The van der Waals surface area contributed by atoms with Gasteiger partial charge < -0.3 is 21.7 Å². The molecule has 1 aliphatic rings. The van der Waals surface area contributed by atoms with Crippen molar-refractivity contribution < 1.29 is 9.59 Å². The van der Waals surface area contributed by atoms with Gasteiger partial charge in [0.05, 0.1) is 28.6 Å². The van der Waals surface area contributed by atoms with Gasteiger partial charge in [0.2, 0.25) is 11.0 Å². The van der Waals surface area contributed by atoms with Crippen molar-refractivity contribution in [1.29, 1.82) is 0 Å². The lowest BCUT2D eigenvalue weighted by atomic mass is 9.87. The summed E-state index contributed by atoms with van der Waals surface area (Å²) in [7, 11) is 0. The standard InChI is InChI=1S/C23H23N7O2S/c24-21(32)23(25)9-11-29(12-10-23)19-8-4-2-6-16(19)27-20(31)17-14-33-22(28-17)30-18-7-3-1-5-15(18)13-26-30/h1-8,13-14H,9-12,25H2,(H2,24,32)(H,27,31). The molecule has 1 fully saturated rings. The Morgan fingerprint density at radius 1 is 1.06 bits per heavy atom. The van der Waals surface area contributed by atoms with Crippen molar-refractivity contribution in [1.82, 2.24) is 14.8 Å². The summed E-state index contributed by atoms with van der Waals surface area (Å²) in [6.45, 7) is 1.14. The molecular formula is C23H23N7O2S. The summed E-state index contributed by atoms with van der Waals surface area (Å²) in [6, 6.07) is 15.4. The molecule has 0 atom stereocenters. The number of para-hydroxylation sites is 3. The van der Waals surface area contributed by atoms with Crippen LogP contribution in [0.2, 0.25) is 0 Å². The summed E-state index contributed by atoms with van der Waals surface area (Å²) in [5, 5.41) is 10.7. The monoisotopic (exact) mass is 461 g/mol. The number of benzene rings is 2. The zero-order valence-electron chi connectivity index (χ0n) is 17.8. The third-order valence-electron chi connectivity index (χ3n) is 6.02. The molecule has 168 valence electrons. The molecule has 0 aliphatic carbocycles. The number of nitrogens with two attached hydrogens (primary N) is 2. The number of hydrogen-bond donors (Lipinski definition) is 3. The van der Waals surface area contributed by atoms with Gasteiger partial charge in [-0.1, -0.05) is 30.3 Å². The van der Waals surface area contributed by atoms with Gasteiger partial charge in [-0.2, -0.15) is 5.10 Å². The summed E-state index contributed by atoms with van der Waals surface area (Å²) < 4.78 is 1.73. The molecule has 0 saturated carbocycles. The van der Waals surface area contributed by atoms with E-state index in [1.54, 1.807) is 16.3 Å². The zero-order chi connectivity index (χ0) is 23.0. The maximum absolute atomic E-state index is 13.0. The molecule has 0 unspecified atom stereocenters. The molecule has 0 bridgehead atoms. The Balaban J connectivity index is 1.34. The third kappa shape index (κ3) is 3.94. The largest absolute Gasteiger partial charge is 0.370 e. The number of rotatable bonds is 5. The molecule has 9 nitrogen and oxygen atoms in total. The molecule has 0 radical (unpaired) electrons. The minimum Gasteiger partial charge on any atom is -0.370 e. The summed E-state index contributed by atoms with van der Waals surface area (Å²) in [5.74, 6) is -0.781. The first kappa shape index (κ1) is 21.1. The van der Waals surface area contributed by atoms with Crippen LogP contribution >= 0.6 is 11.3 Å². The minimum absolute atomic E-state index is 0.302. The topological polar surface area (TPSA) is 132 Å².